The molecule has 4 aromatic rings. The van der Waals surface area contributed by atoms with Crippen LogP contribution in [0.2, 0.25) is 0 Å². The maximum absolute atomic E-state index is 13.8. The SMILES string of the molecule is C.CC(C)CC(CC(CC(C(=O)NCNC(=O)C(CC(CC(CC(C)C)n1ccnc1)n1ccnc1)C(C)C)C(C)C)n1ccnc1)n1ccnc1. The Kier molecular flexibility index (Phi) is 16.8. The first-order valence-corrected chi connectivity index (χ1v) is 18.9. The maximum Gasteiger partial charge on any atom is 0.224 e. The largest absolute Gasteiger partial charge is 0.338 e. The molecule has 0 bridgehead atoms. The average molecular weight is 719 g/mol. The van der Waals surface area contributed by atoms with Gasteiger partial charge in [0.2, 0.25) is 11.8 Å². The second-order valence-electron chi connectivity index (χ2n) is 15.8. The predicted molar refractivity (Wildman–Crippen MR) is 207 cm³/mol. The summed E-state index contributed by atoms with van der Waals surface area (Å²) in [5.74, 6) is 0.650. The van der Waals surface area contributed by atoms with Crippen LogP contribution in [-0.4, -0.2) is 56.7 Å². The molecule has 0 saturated heterocycles. The van der Waals surface area contributed by atoms with Crippen LogP contribution in [0.15, 0.2) is 74.9 Å². The van der Waals surface area contributed by atoms with Gasteiger partial charge in [0.15, 0.2) is 0 Å². The van der Waals surface area contributed by atoms with Gasteiger partial charge in [0, 0.05) is 85.6 Å². The summed E-state index contributed by atoms with van der Waals surface area (Å²) in [5.41, 5.74) is 0. The van der Waals surface area contributed by atoms with E-state index in [1.807, 2.05) is 62.5 Å². The van der Waals surface area contributed by atoms with Crippen LogP contribution in [0, 0.1) is 35.5 Å². The normalized spacial score (nSPS) is 15.3. The van der Waals surface area contributed by atoms with Crippen molar-refractivity contribution in [3.05, 3.63) is 74.9 Å². The first-order valence-electron chi connectivity index (χ1n) is 18.9. The molecule has 4 rings (SSSR count). The molecule has 6 unspecified atom stereocenters. The van der Waals surface area contributed by atoms with Gasteiger partial charge in [-0.15, -0.1) is 0 Å². The van der Waals surface area contributed by atoms with E-state index < -0.39 is 0 Å². The lowest BCUT2D eigenvalue weighted by Crippen LogP contribution is -2.44. The summed E-state index contributed by atoms with van der Waals surface area (Å²) in [4.78, 5) is 44.9. The Morgan fingerprint density at radius 2 is 0.769 bits per heavy atom. The lowest BCUT2D eigenvalue weighted by atomic mass is 9.85. The first-order chi connectivity index (χ1) is 24.4. The van der Waals surface area contributed by atoms with Crippen molar-refractivity contribution < 1.29 is 9.59 Å². The van der Waals surface area contributed by atoms with E-state index in [0.717, 1.165) is 25.7 Å². The molecule has 4 heterocycles. The molecule has 52 heavy (non-hydrogen) atoms. The summed E-state index contributed by atoms with van der Waals surface area (Å²) in [6, 6.07) is 0.627. The Bertz CT molecular complexity index is 1400. The van der Waals surface area contributed by atoms with Crippen molar-refractivity contribution in [1.82, 2.24) is 48.8 Å². The van der Waals surface area contributed by atoms with Crippen LogP contribution in [-0.2, 0) is 9.59 Å². The second kappa shape index (κ2) is 20.7. The fourth-order valence-electron chi connectivity index (χ4n) is 7.45. The third-order valence-corrected chi connectivity index (χ3v) is 10.2. The summed E-state index contributed by atoms with van der Waals surface area (Å²) in [6.45, 7) is 17.4. The van der Waals surface area contributed by atoms with Gasteiger partial charge in [0.1, 0.15) is 0 Å². The van der Waals surface area contributed by atoms with Gasteiger partial charge in [-0.25, -0.2) is 19.9 Å². The molecule has 0 radical (unpaired) electrons. The van der Waals surface area contributed by atoms with E-state index in [1.165, 1.54) is 0 Å². The van der Waals surface area contributed by atoms with Gasteiger partial charge in [0.25, 0.3) is 0 Å². The number of nitrogens with zero attached hydrogens (tertiary/aromatic N) is 8. The summed E-state index contributed by atoms with van der Waals surface area (Å²) in [6.07, 6.45) is 27.8. The highest BCUT2D eigenvalue weighted by Gasteiger charge is 2.31. The Morgan fingerprint density at radius 1 is 0.481 bits per heavy atom. The van der Waals surface area contributed by atoms with Crippen molar-refractivity contribution in [3.8, 4) is 0 Å². The number of nitrogens with one attached hydrogen (secondary N) is 2. The Balaban J connectivity index is 0.00000729. The Hall–Kier alpha value is -4.22. The number of aromatic nitrogens is 8. The maximum atomic E-state index is 13.8. The number of carbonyl (C=O) groups is 2. The van der Waals surface area contributed by atoms with Crippen molar-refractivity contribution in [3.63, 3.8) is 0 Å². The van der Waals surface area contributed by atoms with Gasteiger partial charge in [-0.3, -0.25) is 9.59 Å². The summed E-state index contributed by atoms with van der Waals surface area (Å²) in [5, 5.41) is 6.14. The number of rotatable bonds is 22. The summed E-state index contributed by atoms with van der Waals surface area (Å²) >= 11 is 0. The Morgan fingerprint density at radius 3 is 1.00 bits per heavy atom. The van der Waals surface area contributed by atoms with E-state index in [2.05, 4.69) is 104 Å². The highest BCUT2D eigenvalue weighted by molar-refractivity contribution is 5.81. The Labute approximate surface area is 312 Å². The van der Waals surface area contributed by atoms with Crippen LogP contribution in [0.3, 0.4) is 0 Å². The minimum atomic E-state index is -0.246. The van der Waals surface area contributed by atoms with Crippen molar-refractivity contribution in [1.29, 1.82) is 0 Å². The molecule has 0 spiro atoms. The van der Waals surface area contributed by atoms with Crippen LogP contribution in [0.5, 0.6) is 0 Å². The molecule has 0 aliphatic rings. The number of amides is 2. The highest BCUT2D eigenvalue weighted by atomic mass is 16.2. The van der Waals surface area contributed by atoms with E-state index in [-0.39, 0.29) is 73.7 Å². The first kappa shape index (κ1) is 42.2. The van der Waals surface area contributed by atoms with E-state index >= 15 is 0 Å². The van der Waals surface area contributed by atoms with Crippen LogP contribution < -0.4 is 10.6 Å². The van der Waals surface area contributed by atoms with Crippen LogP contribution >= 0.6 is 0 Å². The molecule has 0 aliphatic carbocycles. The molecule has 4 aromatic heterocycles. The zero-order valence-corrected chi connectivity index (χ0v) is 32.0. The van der Waals surface area contributed by atoms with Gasteiger partial charge in [-0.05, 0) is 62.2 Å². The van der Waals surface area contributed by atoms with Gasteiger partial charge >= 0.3 is 0 Å². The quantitative estimate of drug-likeness (QED) is 0.0800. The summed E-state index contributed by atoms with van der Waals surface area (Å²) < 4.78 is 8.65. The summed E-state index contributed by atoms with van der Waals surface area (Å²) in [7, 11) is 0. The van der Waals surface area contributed by atoms with E-state index in [1.54, 1.807) is 12.4 Å². The molecule has 2 amide bonds. The fourth-order valence-corrected chi connectivity index (χ4v) is 7.45. The number of imidazole rings is 4. The van der Waals surface area contributed by atoms with Gasteiger partial charge < -0.3 is 28.9 Å². The monoisotopic (exact) mass is 719 g/mol. The van der Waals surface area contributed by atoms with Gasteiger partial charge in [-0.2, -0.15) is 0 Å². The second-order valence-corrected chi connectivity index (χ2v) is 15.8. The van der Waals surface area contributed by atoms with Crippen LogP contribution in [0.4, 0.5) is 0 Å². The number of hydrogen-bond donors (Lipinski definition) is 2. The minimum absolute atomic E-state index is 0. The number of carbonyl (C=O) groups excluding carboxylic acids is 2. The molecular formula is C40H66N10O2. The topological polar surface area (TPSA) is 129 Å². The van der Waals surface area contributed by atoms with Crippen LogP contribution in [0.1, 0.15) is 126 Å². The smallest absolute Gasteiger partial charge is 0.224 e. The van der Waals surface area contributed by atoms with Crippen LogP contribution in [0.25, 0.3) is 0 Å². The van der Waals surface area contributed by atoms with E-state index in [0.29, 0.717) is 24.7 Å². The third kappa shape index (κ3) is 12.5. The van der Waals surface area contributed by atoms with Crippen molar-refractivity contribution in [2.75, 3.05) is 6.67 Å². The number of hydrogen-bond acceptors (Lipinski definition) is 6. The predicted octanol–water partition coefficient (Wildman–Crippen LogP) is 7.76. The van der Waals surface area contributed by atoms with E-state index in [9.17, 15) is 9.59 Å². The molecule has 6 atom stereocenters. The third-order valence-electron chi connectivity index (χ3n) is 10.2. The fraction of sp³-hybridized carbons (Fsp3) is 0.650. The zero-order chi connectivity index (χ0) is 36.9. The molecule has 12 heteroatoms. The van der Waals surface area contributed by atoms with Crippen molar-refractivity contribution in [2.45, 2.75) is 126 Å². The molecule has 0 aromatic carbocycles. The average Bonchev–Trinajstić information content (AvgIpc) is 3.91. The molecule has 0 aliphatic heterocycles. The zero-order valence-electron chi connectivity index (χ0n) is 32.0. The molecule has 288 valence electrons. The van der Waals surface area contributed by atoms with Gasteiger partial charge in [-0.1, -0.05) is 62.8 Å². The molecular weight excluding hydrogens is 653 g/mol. The standard InChI is InChI=1S/C39H62N10O2.CH4/c1-28(2)17-32(46-13-9-40-24-46)19-34(48-15-11-42-26-48)21-36(30(5)6)38(50)44-23-45-39(51)37(31(7)8)22-35(49-16-12-43-27-49)20-33(18-29(3)4)47-14-10-41-25-47;/h9-16,24-37H,17-23H2,1-8H3,(H,44,50)(H,45,51);1H4. The highest BCUT2D eigenvalue weighted by Crippen LogP contribution is 2.35. The van der Waals surface area contributed by atoms with E-state index in [4.69, 9.17) is 0 Å². The molecule has 0 fully saturated rings. The lowest BCUT2D eigenvalue weighted by molar-refractivity contribution is -0.129. The molecule has 2 N–H and O–H groups in total. The molecule has 12 nitrogen and oxygen atoms in total. The lowest BCUT2D eigenvalue weighted by Gasteiger charge is -2.31. The minimum Gasteiger partial charge on any atom is -0.338 e. The van der Waals surface area contributed by atoms with Crippen molar-refractivity contribution >= 4 is 11.8 Å². The van der Waals surface area contributed by atoms with Gasteiger partial charge in [0.05, 0.1) is 32.0 Å². The molecule has 0 saturated carbocycles. The van der Waals surface area contributed by atoms with Crippen molar-refractivity contribution in [2.24, 2.45) is 35.5 Å².